The number of ether oxygens (including phenoxy) is 1. The normalized spacial score (nSPS) is 14.6. The molecule has 120 valence electrons. The van der Waals surface area contributed by atoms with Gasteiger partial charge in [-0.3, -0.25) is 10.1 Å². The van der Waals surface area contributed by atoms with E-state index in [1.165, 1.54) is 6.33 Å². The monoisotopic (exact) mass is 379 g/mol. The summed E-state index contributed by atoms with van der Waals surface area (Å²) in [6.45, 7) is 2.17. The molecule has 1 N–H and O–H groups in total. The van der Waals surface area contributed by atoms with Crippen LogP contribution in [0.2, 0.25) is 0 Å². The number of morpholine rings is 1. The van der Waals surface area contributed by atoms with Crippen molar-refractivity contribution in [1.29, 1.82) is 0 Å². The predicted octanol–water partition coefficient (Wildman–Crippen LogP) is 2.73. The second-order valence-corrected chi connectivity index (χ2v) is 5.80. The number of nitrogens with one attached hydrogen (secondary N) is 1. The largest absolute Gasteiger partial charge is 0.378 e. The molecule has 23 heavy (non-hydrogen) atoms. The van der Waals surface area contributed by atoms with E-state index in [1.54, 1.807) is 0 Å². The summed E-state index contributed by atoms with van der Waals surface area (Å²) in [6, 6.07) is 7.34. The summed E-state index contributed by atoms with van der Waals surface area (Å²) in [6.07, 6.45) is 1.33. The Hall–Kier alpha value is -2.26. The van der Waals surface area contributed by atoms with E-state index in [9.17, 15) is 10.1 Å². The van der Waals surface area contributed by atoms with Gasteiger partial charge >= 0.3 is 5.69 Å². The summed E-state index contributed by atoms with van der Waals surface area (Å²) in [5.74, 6) is 0.482. The Kier molecular flexibility index (Phi) is 4.68. The van der Waals surface area contributed by atoms with E-state index < -0.39 is 4.92 Å². The minimum atomic E-state index is -0.453. The molecule has 0 radical (unpaired) electrons. The zero-order valence-corrected chi connectivity index (χ0v) is 13.7. The first kappa shape index (κ1) is 15.6. The van der Waals surface area contributed by atoms with Gasteiger partial charge in [-0.15, -0.1) is 0 Å². The molecule has 0 aliphatic carbocycles. The van der Waals surface area contributed by atoms with Crippen LogP contribution < -0.4 is 10.2 Å². The number of hydrogen-bond acceptors (Lipinski definition) is 7. The lowest BCUT2D eigenvalue weighted by Crippen LogP contribution is -2.37. The molecule has 0 saturated carbocycles. The first-order chi connectivity index (χ1) is 11.1. The van der Waals surface area contributed by atoms with Crippen LogP contribution in [0, 0.1) is 10.1 Å². The molecule has 0 bridgehead atoms. The van der Waals surface area contributed by atoms with Crippen LogP contribution in [0.1, 0.15) is 0 Å². The van der Waals surface area contributed by atoms with E-state index >= 15 is 0 Å². The zero-order chi connectivity index (χ0) is 16.2. The van der Waals surface area contributed by atoms with E-state index in [1.807, 2.05) is 29.2 Å². The van der Waals surface area contributed by atoms with Gasteiger partial charge in [0.25, 0.3) is 0 Å². The fourth-order valence-corrected chi connectivity index (χ4v) is 2.74. The number of aromatic nitrogens is 2. The summed E-state index contributed by atoms with van der Waals surface area (Å²) >= 11 is 3.37. The Morgan fingerprint density at radius 2 is 2.09 bits per heavy atom. The van der Waals surface area contributed by atoms with Crippen molar-refractivity contribution < 1.29 is 9.66 Å². The maximum absolute atomic E-state index is 11.6. The highest BCUT2D eigenvalue weighted by Crippen LogP contribution is 2.34. The van der Waals surface area contributed by atoms with E-state index in [2.05, 4.69) is 31.2 Å². The average molecular weight is 380 g/mol. The Morgan fingerprint density at radius 1 is 1.30 bits per heavy atom. The van der Waals surface area contributed by atoms with Gasteiger partial charge in [-0.2, -0.15) is 0 Å². The van der Waals surface area contributed by atoms with Crippen LogP contribution in [-0.2, 0) is 4.74 Å². The van der Waals surface area contributed by atoms with Crippen LogP contribution in [-0.4, -0.2) is 41.2 Å². The second-order valence-electron chi connectivity index (χ2n) is 4.89. The Bertz CT molecular complexity index is 721. The molecule has 0 atom stereocenters. The molecule has 1 fully saturated rings. The average Bonchev–Trinajstić information content (AvgIpc) is 2.55. The SMILES string of the molecule is O=[N+]([O-])c1c(Nc2cccc(Br)c2)ncnc1N1CCOCC1. The lowest BCUT2D eigenvalue weighted by Gasteiger charge is -2.27. The fraction of sp³-hybridized carbons (Fsp3) is 0.286. The van der Waals surface area contributed by atoms with Crippen molar-refractivity contribution in [3.05, 3.63) is 45.2 Å². The van der Waals surface area contributed by atoms with Gasteiger partial charge in [0.05, 0.1) is 18.1 Å². The van der Waals surface area contributed by atoms with Crippen molar-refractivity contribution in [1.82, 2.24) is 9.97 Å². The molecule has 2 aromatic rings. The number of nitrogens with zero attached hydrogens (tertiary/aromatic N) is 4. The molecule has 0 amide bonds. The molecule has 1 saturated heterocycles. The Morgan fingerprint density at radius 3 is 2.78 bits per heavy atom. The van der Waals surface area contributed by atoms with Crippen molar-refractivity contribution in [2.24, 2.45) is 0 Å². The highest BCUT2D eigenvalue weighted by Gasteiger charge is 2.28. The van der Waals surface area contributed by atoms with E-state index in [0.717, 1.165) is 4.47 Å². The van der Waals surface area contributed by atoms with Crippen molar-refractivity contribution >= 4 is 38.9 Å². The van der Waals surface area contributed by atoms with Gasteiger partial charge < -0.3 is 15.0 Å². The summed E-state index contributed by atoms with van der Waals surface area (Å²) in [4.78, 5) is 21.1. The number of nitro groups is 1. The number of hydrogen-bond donors (Lipinski definition) is 1. The molecule has 0 unspecified atom stereocenters. The predicted molar refractivity (Wildman–Crippen MR) is 89.1 cm³/mol. The summed E-state index contributed by atoms with van der Waals surface area (Å²) < 4.78 is 6.15. The van der Waals surface area contributed by atoms with Gasteiger partial charge in [-0.25, -0.2) is 9.97 Å². The van der Waals surface area contributed by atoms with Crippen LogP contribution >= 0.6 is 15.9 Å². The van der Waals surface area contributed by atoms with Crippen molar-refractivity contribution in [3.63, 3.8) is 0 Å². The van der Waals surface area contributed by atoms with Gasteiger partial charge in [0.1, 0.15) is 6.33 Å². The van der Waals surface area contributed by atoms with Gasteiger partial charge in [0.15, 0.2) is 0 Å². The molecule has 9 heteroatoms. The molecule has 8 nitrogen and oxygen atoms in total. The van der Waals surface area contributed by atoms with E-state index in [-0.39, 0.29) is 11.5 Å². The van der Waals surface area contributed by atoms with E-state index in [0.29, 0.717) is 37.8 Å². The third kappa shape index (κ3) is 3.57. The van der Waals surface area contributed by atoms with Crippen LogP contribution in [0.5, 0.6) is 0 Å². The lowest BCUT2D eigenvalue weighted by molar-refractivity contribution is -0.383. The topological polar surface area (TPSA) is 93.4 Å². The number of halogens is 1. The molecule has 0 spiro atoms. The molecular weight excluding hydrogens is 366 g/mol. The molecule has 1 aromatic heterocycles. The maximum Gasteiger partial charge on any atom is 0.353 e. The second kappa shape index (κ2) is 6.88. The molecule has 3 rings (SSSR count). The van der Waals surface area contributed by atoms with Gasteiger partial charge in [-0.1, -0.05) is 22.0 Å². The van der Waals surface area contributed by atoms with Crippen LogP contribution in [0.25, 0.3) is 0 Å². The first-order valence-electron chi connectivity index (χ1n) is 7.00. The van der Waals surface area contributed by atoms with Crippen LogP contribution in [0.15, 0.2) is 35.1 Å². The van der Waals surface area contributed by atoms with Crippen molar-refractivity contribution in [2.75, 3.05) is 36.5 Å². The minimum absolute atomic E-state index is 0.130. The Balaban J connectivity index is 1.97. The molecule has 1 aliphatic rings. The number of benzene rings is 1. The lowest BCUT2D eigenvalue weighted by atomic mass is 10.3. The first-order valence-corrected chi connectivity index (χ1v) is 7.79. The molecular formula is C14H14BrN5O3. The molecule has 1 aliphatic heterocycles. The highest BCUT2D eigenvalue weighted by atomic mass is 79.9. The van der Waals surface area contributed by atoms with E-state index in [4.69, 9.17) is 4.74 Å². The summed E-state index contributed by atoms with van der Waals surface area (Å²) in [5.41, 5.74) is 0.573. The zero-order valence-electron chi connectivity index (χ0n) is 12.1. The highest BCUT2D eigenvalue weighted by molar-refractivity contribution is 9.10. The third-order valence-corrected chi connectivity index (χ3v) is 3.88. The van der Waals surface area contributed by atoms with Crippen LogP contribution in [0.4, 0.5) is 23.0 Å². The number of rotatable bonds is 4. The summed E-state index contributed by atoms with van der Waals surface area (Å²) in [5, 5.41) is 14.6. The number of anilines is 3. The van der Waals surface area contributed by atoms with Gasteiger partial charge in [0.2, 0.25) is 11.6 Å². The van der Waals surface area contributed by atoms with Crippen molar-refractivity contribution in [2.45, 2.75) is 0 Å². The molecule has 1 aromatic carbocycles. The van der Waals surface area contributed by atoms with Crippen molar-refractivity contribution in [3.8, 4) is 0 Å². The smallest absolute Gasteiger partial charge is 0.353 e. The van der Waals surface area contributed by atoms with Gasteiger partial charge in [0, 0.05) is 23.2 Å². The summed E-state index contributed by atoms with van der Waals surface area (Å²) in [7, 11) is 0. The fourth-order valence-electron chi connectivity index (χ4n) is 2.34. The standard InChI is InChI=1S/C14H14BrN5O3/c15-10-2-1-3-11(8-10)18-13-12(20(21)22)14(17-9-16-13)19-4-6-23-7-5-19/h1-3,8-9H,4-7H2,(H,16,17,18). The molecule has 2 heterocycles. The third-order valence-electron chi connectivity index (χ3n) is 3.38. The maximum atomic E-state index is 11.6. The van der Waals surface area contributed by atoms with Gasteiger partial charge in [-0.05, 0) is 18.2 Å². The minimum Gasteiger partial charge on any atom is -0.378 e. The quantitative estimate of drug-likeness (QED) is 0.644. The Labute approximate surface area is 140 Å². The van der Waals surface area contributed by atoms with Crippen LogP contribution in [0.3, 0.4) is 0 Å².